The van der Waals surface area contributed by atoms with Gasteiger partial charge in [0.1, 0.15) is 11.5 Å². The van der Waals surface area contributed by atoms with Gasteiger partial charge < -0.3 is 4.74 Å². The zero-order valence-electron chi connectivity index (χ0n) is 12.2. The van der Waals surface area contributed by atoms with Crippen molar-refractivity contribution < 1.29 is 13.5 Å². The van der Waals surface area contributed by atoms with Gasteiger partial charge in [-0.05, 0) is 48.5 Å². The highest BCUT2D eigenvalue weighted by Crippen LogP contribution is 2.29. The molecule has 116 valence electrons. The molecule has 3 rings (SSSR count). The zero-order chi connectivity index (χ0) is 16.1. The van der Waals surface area contributed by atoms with Crippen molar-refractivity contribution in [1.29, 1.82) is 0 Å². The van der Waals surface area contributed by atoms with E-state index >= 15 is 0 Å². The Hall–Kier alpha value is -2.63. The van der Waals surface area contributed by atoms with Crippen molar-refractivity contribution in [2.24, 2.45) is 0 Å². The van der Waals surface area contributed by atoms with Crippen LogP contribution >= 0.6 is 0 Å². The fourth-order valence-electron chi connectivity index (χ4n) is 2.17. The predicted molar refractivity (Wildman–Crippen MR) is 92.3 cm³/mol. The first-order valence-electron chi connectivity index (χ1n) is 7.03. The van der Waals surface area contributed by atoms with E-state index in [1.54, 1.807) is 36.4 Å². The number of nitrogens with zero attached hydrogens (tertiary/aromatic N) is 1. The normalized spacial score (nSPS) is 11.7. The molecule has 0 saturated heterocycles. The highest BCUT2D eigenvalue weighted by atomic mass is 32.2. The third kappa shape index (κ3) is 3.77. The predicted octanol–water partition coefficient (Wildman–Crippen LogP) is 4.75. The van der Waals surface area contributed by atoms with Crippen LogP contribution in [0, 0.1) is 0 Å². The molecule has 0 spiro atoms. The first kappa shape index (κ1) is 15.3. The Bertz CT molecular complexity index is 776. The van der Waals surface area contributed by atoms with Crippen molar-refractivity contribution in [3.63, 3.8) is 0 Å². The lowest BCUT2D eigenvalue weighted by Gasteiger charge is -2.20. The van der Waals surface area contributed by atoms with E-state index in [1.165, 1.54) is 4.31 Å². The number of para-hydroxylation sites is 2. The van der Waals surface area contributed by atoms with Crippen molar-refractivity contribution in [3.8, 4) is 11.5 Å². The summed E-state index contributed by atoms with van der Waals surface area (Å²) in [7, 11) is 0. The van der Waals surface area contributed by atoms with E-state index in [9.17, 15) is 8.76 Å². The molecule has 3 aromatic carbocycles. The average molecular weight is 325 g/mol. The van der Waals surface area contributed by atoms with Crippen LogP contribution < -0.4 is 9.04 Å². The summed E-state index contributed by atoms with van der Waals surface area (Å²) in [5, 5.41) is 0. The van der Waals surface area contributed by atoms with Crippen LogP contribution in [0.25, 0.3) is 0 Å². The van der Waals surface area contributed by atoms with Gasteiger partial charge in [-0.15, -0.1) is 0 Å². The van der Waals surface area contributed by atoms with Crippen molar-refractivity contribution >= 4 is 22.6 Å². The summed E-state index contributed by atoms with van der Waals surface area (Å²) in [5.41, 5.74) is 1.25. The fraction of sp³-hybridized carbons (Fsp3) is 0. The molecule has 0 heterocycles. The molecular formula is C18H15NO3S. The quantitative estimate of drug-likeness (QED) is 0.688. The van der Waals surface area contributed by atoms with Crippen LogP contribution in [0.4, 0.5) is 11.4 Å². The minimum atomic E-state index is -2.16. The maximum Gasteiger partial charge on any atom is 0.266 e. The number of benzene rings is 3. The van der Waals surface area contributed by atoms with Crippen molar-refractivity contribution in [1.82, 2.24) is 0 Å². The molecular weight excluding hydrogens is 310 g/mol. The third-order valence-electron chi connectivity index (χ3n) is 3.20. The second-order valence-corrected chi connectivity index (χ2v) is 5.60. The maximum atomic E-state index is 11.7. The fourth-order valence-corrected chi connectivity index (χ4v) is 2.77. The van der Waals surface area contributed by atoms with E-state index in [4.69, 9.17) is 4.74 Å². The summed E-state index contributed by atoms with van der Waals surface area (Å²) in [6.07, 6.45) is 0. The number of ether oxygens (including phenoxy) is 1. The molecule has 0 bridgehead atoms. The Balaban J connectivity index is 1.84. The van der Waals surface area contributed by atoms with Crippen LogP contribution in [0.5, 0.6) is 11.5 Å². The van der Waals surface area contributed by atoms with E-state index in [-0.39, 0.29) is 0 Å². The van der Waals surface area contributed by atoms with Crippen molar-refractivity contribution in [2.75, 3.05) is 4.31 Å². The Labute approximate surface area is 137 Å². The second-order valence-electron chi connectivity index (χ2n) is 4.77. The number of hydrogen-bond acceptors (Lipinski definition) is 2. The molecule has 1 N–H and O–H groups in total. The average Bonchev–Trinajstić information content (AvgIpc) is 2.58. The molecule has 0 aliphatic rings. The molecule has 5 heteroatoms. The summed E-state index contributed by atoms with van der Waals surface area (Å²) < 4.78 is 28.3. The van der Waals surface area contributed by atoms with Gasteiger partial charge in [-0.25, -0.2) is 8.51 Å². The first-order chi connectivity index (χ1) is 11.2. The van der Waals surface area contributed by atoms with Crippen molar-refractivity contribution in [3.05, 3.63) is 84.9 Å². The van der Waals surface area contributed by atoms with Gasteiger partial charge in [0.25, 0.3) is 11.3 Å². The monoisotopic (exact) mass is 325 g/mol. The van der Waals surface area contributed by atoms with E-state index in [0.717, 1.165) is 5.75 Å². The molecule has 0 saturated carbocycles. The molecule has 0 amide bonds. The molecule has 0 radical (unpaired) electrons. The van der Waals surface area contributed by atoms with Gasteiger partial charge in [0.15, 0.2) is 0 Å². The second kappa shape index (κ2) is 7.09. The van der Waals surface area contributed by atoms with E-state index in [2.05, 4.69) is 0 Å². The maximum absolute atomic E-state index is 11.7. The summed E-state index contributed by atoms with van der Waals surface area (Å²) in [4.78, 5) is 0. The largest absolute Gasteiger partial charge is 0.457 e. The SMILES string of the molecule is O=S(O)N(c1ccccc1)c1ccc(Oc2ccccc2)cc1. The topological polar surface area (TPSA) is 49.8 Å². The number of hydrogen-bond donors (Lipinski definition) is 1. The summed E-state index contributed by atoms with van der Waals surface area (Å²) in [6.45, 7) is 0. The van der Waals surface area contributed by atoms with E-state index < -0.39 is 11.3 Å². The van der Waals surface area contributed by atoms with Gasteiger partial charge in [0, 0.05) is 0 Å². The van der Waals surface area contributed by atoms with E-state index in [0.29, 0.717) is 17.1 Å². The Morgan fingerprint density at radius 3 is 1.74 bits per heavy atom. The molecule has 0 aliphatic carbocycles. The minimum Gasteiger partial charge on any atom is -0.457 e. The van der Waals surface area contributed by atoms with Gasteiger partial charge in [0.05, 0.1) is 11.4 Å². The van der Waals surface area contributed by atoms with Crippen LogP contribution in [-0.4, -0.2) is 8.76 Å². The Morgan fingerprint density at radius 2 is 1.17 bits per heavy atom. The van der Waals surface area contributed by atoms with Crippen LogP contribution in [0.1, 0.15) is 0 Å². The van der Waals surface area contributed by atoms with Gasteiger partial charge in [-0.3, -0.25) is 4.55 Å². The molecule has 3 aromatic rings. The molecule has 1 unspecified atom stereocenters. The molecule has 4 nitrogen and oxygen atoms in total. The summed E-state index contributed by atoms with van der Waals surface area (Å²) in [5.74, 6) is 1.41. The molecule has 23 heavy (non-hydrogen) atoms. The van der Waals surface area contributed by atoms with Crippen LogP contribution in [-0.2, 0) is 11.3 Å². The molecule has 0 aliphatic heterocycles. The van der Waals surface area contributed by atoms with Crippen LogP contribution in [0.2, 0.25) is 0 Å². The number of rotatable bonds is 5. The molecule has 0 fully saturated rings. The van der Waals surface area contributed by atoms with E-state index in [1.807, 2.05) is 48.5 Å². The van der Waals surface area contributed by atoms with Gasteiger partial charge in [-0.1, -0.05) is 36.4 Å². The van der Waals surface area contributed by atoms with Crippen LogP contribution in [0.15, 0.2) is 84.9 Å². The van der Waals surface area contributed by atoms with Crippen LogP contribution in [0.3, 0.4) is 0 Å². The lowest BCUT2D eigenvalue weighted by atomic mass is 10.2. The van der Waals surface area contributed by atoms with Crippen molar-refractivity contribution in [2.45, 2.75) is 0 Å². The smallest absolute Gasteiger partial charge is 0.266 e. The van der Waals surface area contributed by atoms with Gasteiger partial charge in [-0.2, -0.15) is 0 Å². The standard InChI is InChI=1S/C18H15NO3S/c20-23(21)19(15-7-3-1-4-8-15)16-11-13-18(14-12-16)22-17-9-5-2-6-10-17/h1-14H,(H,20,21). The number of anilines is 2. The first-order valence-corrected chi connectivity index (χ1v) is 8.09. The minimum absolute atomic E-state index is 0.609. The third-order valence-corrected chi connectivity index (χ3v) is 3.93. The lowest BCUT2D eigenvalue weighted by molar-refractivity contribution is 0.482. The summed E-state index contributed by atoms with van der Waals surface area (Å²) >= 11 is -2.16. The highest BCUT2D eigenvalue weighted by molar-refractivity contribution is 7.81. The van der Waals surface area contributed by atoms with Gasteiger partial charge in [0.2, 0.25) is 0 Å². The lowest BCUT2D eigenvalue weighted by Crippen LogP contribution is -2.18. The Morgan fingerprint density at radius 1 is 0.696 bits per heavy atom. The molecule has 1 atom stereocenters. The van der Waals surface area contributed by atoms with Gasteiger partial charge >= 0.3 is 0 Å². The zero-order valence-corrected chi connectivity index (χ0v) is 13.0. The Kier molecular flexibility index (Phi) is 4.71. The molecule has 0 aromatic heterocycles. The summed E-state index contributed by atoms with van der Waals surface area (Å²) in [6, 6.07) is 25.6. The highest BCUT2D eigenvalue weighted by Gasteiger charge is 2.14.